The second-order valence-corrected chi connectivity index (χ2v) is 8.00. The van der Waals surface area contributed by atoms with Gasteiger partial charge in [-0.2, -0.15) is 0 Å². The van der Waals surface area contributed by atoms with Crippen molar-refractivity contribution in [3.63, 3.8) is 0 Å². The van der Waals surface area contributed by atoms with Gasteiger partial charge in [-0.3, -0.25) is 4.79 Å². The summed E-state index contributed by atoms with van der Waals surface area (Å²) >= 11 is 0. The van der Waals surface area contributed by atoms with Gasteiger partial charge in [0.15, 0.2) is 0 Å². The van der Waals surface area contributed by atoms with Crippen molar-refractivity contribution in [1.29, 1.82) is 0 Å². The molecule has 136 valence electrons. The lowest BCUT2D eigenvalue weighted by Gasteiger charge is -2.27. The molecule has 2 atom stereocenters. The van der Waals surface area contributed by atoms with Crippen molar-refractivity contribution in [3.05, 3.63) is 35.9 Å². The number of rotatable bonds is 6. The zero-order valence-electron chi connectivity index (χ0n) is 15.0. The van der Waals surface area contributed by atoms with E-state index in [4.69, 9.17) is 9.47 Å². The highest BCUT2D eigenvalue weighted by Crippen LogP contribution is 2.37. The number of amides is 1. The summed E-state index contributed by atoms with van der Waals surface area (Å²) in [6, 6.07) is 10.2. The van der Waals surface area contributed by atoms with E-state index in [9.17, 15) is 4.79 Å². The number of benzene rings is 1. The number of hydrogen-bond acceptors (Lipinski definition) is 3. The molecule has 1 amide bonds. The Morgan fingerprint density at radius 2 is 2.12 bits per heavy atom. The summed E-state index contributed by atoms with van der Waals surface area (Å²) in [5, 5.41) is 0. The number of carbonyl (C=O) groups excluding carboxylic acids is 1. The molecule has 25 heavy (non-hydrogen) atoms. The van der Waals surface area contributed by atoms with Crippen LogP contribution in [0.15, 0.2) is 30.3 Å². The van der Waals surface area contributed by atoms with Crippen LogP contribution in [0.4, 0.5) is 0 Å². The van der Waals surface area contributed by atoms with Crippen LogP contribution in [0.3, 0.4) is 0 Å². The predicted octanol–water partition coefficient (Wildman–Crippen LogP) is 3.20. The normalized spacial score (nSPS) is 29.3. The van der Waals surface area contributed by atoms with Crippen molar-refractivity contribution in [2.75, 3.05) is 26.3 Å². The molecular formula is C21H29NO3. The third-order valence-electron chi connectivity index (χ3n) is 6.11. The van der Waals surface area contributed by atoms with Crippen LogP contribution in [-0.2, 0) is 20.7 Å². The molecule has 1 spiro atoms. The number of aryl methyl sites for hydroxylation is 1. The van der Waals surface area contributed by atoms with E-state index in [1.807, 2.05) is 23.1 Å². The largest absolute Gasteiger partial charge is 0.375 e. The van der Waals surface area contributed by atoms with E-state index in [0.29, 0.717) is 13.0 Å². The maximum Gasteiger partial charge on any atom is 0.223 e. The Balaban J connectivity index is 1.22. The highest BCUT2D eigenvalue weighted by molar-refractivity contribution is 5.77. The number of carbonyl (C=O) groups is 1. The van der Waals surface area contributed by atoms with Crippen molar-refractivity contribution in [2.45, 2.75) is 56.7 Å². The quantitative estimate of drug-likeness (QED) is 0.796. The molecule has 0 radical (unpaired) electrons. The summed E-state index contributed by atoms with van der Waals surface area (Å²) in [5.41, 5.74) is 1.08. The van der Waals surface area contributed by atoms with E-state index in [0.717, 1.165) is 44.9 Å². The first-order valence-corrected chi connectivity index (χ1v) is 9.80. The van der Waals surface area contributed by atoms with Gasteiger partial charge in [0.25, 0.3) is 0 Å². The maximum atomic E-state index is 12.5. The fourth-order valence-corrected chi connectivity index (χ4v) is 4.24. The van der Waals surface area contributed by atoms with E-state index in [1.165, 1.54) is 24.8 Å². The second kappa shape index (κ2) is 7.46. The lowest BCUT2D eigenvalue weighted by molar-refractivity contribution is -0.131. The minimum absolute atomic E-state index is 0.146. The molecule has 4 nitrogen and oxygen atoms in total. The molecule has 1 aromatic carbocycles. The molecule has 0 aromatic heterocycles. The van der Waals surface area contributed by atoms with Gasteiger partial charge in [-0.15, -0.1) is 0 Å². The minimum atomic E-state index is -0.146. The molecule has 1 aromatic rings. The highest BCUT2D eigenvalue weighted by Gasteiger charge is 2.47. The molecule has 1 aliphatic carbocycles. The Labute approximate surface area is 150 Å². The Kier molecular flexibility index (Phi) is 5.09. The minimum Gasteiger partial charge on any atom is -0.375 e. The summed E-state index contributed by atoms with van der Waals surface area (Å²) in [4.78, 5) is 14.5. The van der Waals surface area contributed by atoms with Gasteiger partial charge >= 0.3 is 0 Å². The van der Waals surface area contributed by atoms with Crippen LogP contribution in [0.25, 0.3) is 0 Å². The number of nitrogens with zero attached hydrogens (tertiary/aromatic N) is 1. The van der Waals surface area contributed by atoms with E-state index in [1.54, 1.807) is 0 Å². The molecule has 0 bridgehead atoms. The van der Waals surface area contributed by atoms with Crippen molar-refractivity contribution in [2.24, 2.45) is 5.92 Å². The molecule has 1 saturated carbocycles. The zero-order valence-corrected chi connectivity index (χ0v) is 15.0. The topological polar surface area (TPSA) is 38.8 Å². The van der Waals surface area contributed by atoms with Crippen LogP contribution in [0.2, 0.25) is 0 Å². The van der Waals surface area contributed by atoms with Gasteiger partial charge in [0.05, 0.1) is 18.3 Å². The third-order valence-corrected chi connectivity index (χ3v) is 6.11. The average molecular weight is 343 g/mol. The summed E-state index contributed by atoms with van der Waals surface area (Å²) in [6.07, 6.45) is 7.53. The van der Waals surface area contributed by atoms with Crippen molar-refractivity contribution >= 4 is 5.91 Å². The number of likely N-dealkylation sites (tertiary alicyclic amines) is 1. The molecular weight excluding hydrogens is 314 g/mol. The Morgan fingerprint density at radius 1 is 1.28 bits per heavy atom. The SMILES string of the molecule is O=C(CCc1ccccc1)N1CC[C@]2(C[C@@H](OCC3CCC3)CO2)C1. The molecule has 3 aliphatic rings. The van der Waals surface area contributed by atoms with Gasteiger partial charge in [0.2, 0.25) is 5.91 Å². The zero-order chi connectivity index (χ0) is 17.1. The first-order valence-electron chi connectivity index (χ1n) is 9.80. The van der Waals surface area contributed by atoms with E-state index < -0.39 is 0 Å². The second-order valence-electron chi connectivity index (χ2n) is 8.00. The summed E-state index contributed by atoms with van der Waals surface area (Å²) in [7, 11) is 0. The van der Waals surface area contributed by atoms with Gasteiger partial charge in [-0.05, 0) is 37.2 Å². The van der Waals surface area contributed by atoms with Gasteiger partial charge in [0.1, 0.15) is 0 Å². The lowest BCUT2D eigenvalue weighted by atomic mass is 9.86. The molecule has 0 unspecified atom stereocenters. The predicted molar refractivity (Wildman–Crippen MR) is 96.3 cm³/mol. The summed E-state index contributed by atoms with van der Waals surface area (Å²) in [5.74, 6) is 1.03. The monoisotopic (exact) mass is 343 g/mol. The molecule has 2 aliphatic heterocycles. The first kappa shape index (κ1) is 17.0. The summed E-state index contributed by atoms with van der Waals surface area (Å²) < 4.78 is 12.2. The average Bonchev–Trinajstić information content (AvgIpc) is 3.19. The Morgan fingerprint density at radius 3 is 2.88 bits per heavy atom. The molecule has 2 heterocycles. The third kappa shape index (κ3) is 4.06. The molecule has 3 fully saturated rings. The van der Waals surface area contributed by atoms with Crippen LogP contribution in [0.5, 0.6) is 0 Å². The van der Waals surface area contributed by atoms with Crippen LogP contribution in [-0.4, -0.2) is 48.8 Å². The van der Waals surface area contributed by atoms with Gasteiger partial charge in [-0.25, -0.2) is 0 Å². The van der Waals surface area contributed by atoms with Crippen LogP contribution in [0, 0.1) is 5.92 Å². The smallest absolute Gasteiger partial charge is 0.223 e. The maximum absolute atomic E-state index is 12.5. The van der Waals surface area contributed by atoms with E-state index >= 15 is 0 Å². The Hall–Kier alpha value is -1.39. The van der Waals surface area contributed by atoms with Crippen molar-refractivity contribution < 1.29 is 14.3 Å². The standard InChI is InChI=1S/C21H29NO3/c23-20(10-9-17-5-2-1-3-6-17)22-12-11-21(16-22)13-19(15-25-21)24-14-18-7-4-8-18/h1-3,5-6,18-19H,4,7-16H2/t19-,21+/m1/s1. The van der Waals surface area contributed by atoms with Crippen LogP contribution in [0.1, 0.15) is 44.1 Å². The Bertz CT molecular complexity index is 586. The lowest BCUT2D eigenvalue weighted by Crippen LogP contribution is -2.36. The van der Waals surface area contributed by atoms with Gasteiger partial charge in [-0.1, -0.05) is 36.8 Å². The van der Waals surface area contributed by atoms with Gasteiger partial charge in [0, 0.05) is 32.5 Å². The van der Waals surface area contributed by atoms with E-state index in [-0.39, 0.29) is 17.6 Å². The molecule has 0 N–H and O–H groups in total. The van der Waals surface area contributed by atoms with E-state index in [2.05, 4.69) is 12.1 Å². The number of ether oxygens (including phenoxy) is 2. The molecule has 4 rings (SSSR count). The van der Waals surface area contributed by atoms with Gasteiger partial charge < -0.3 is 14.4 Å². The summed E-state index contributed by atoms with van der Waals surface area (Å²) in [6.45, 7) is 3.15. The molecule has 2 saturated heterocycles. The molecule has 4 heteroatoms. The number of hydrogen-bond donors (Lipinski definition) is 0. The van der Waals surface area contributed by atoms with Crippen molar-refractivity contribution in [1.82, 2.24) is 4.90 Å². The van der Waals surface area contributed by atoms with Crippen LogP contribution >= 0.6 is 0 Å². The fraction of sp³-hybridized carbons (Fsp3) is 0.667. The van der Waals surface area contributed by atoms with Crippen LogP contribution < -0.4 is 0 Å². The first-order chi connectivity index (χ1) is 12.2. The van der Waals surface area contributed by atoms with Crippen molar-refractivity contribution in [3.8, 4) is 0 Å². The fourth-order valence-electron chi connectivity index (χ4n) is 4.24. The highest BCUT2D eigenvalue weighted by atomic mass is 16.6.